The van der Waals surface area contributed by atoms with Crippen molar-refractivity contribution in [3.63, 3.8) is 0 Å². The van der Waals surface area contributed by atoms with E-state index in [9.17, 15) is 4.39 Å². The molecule has 20 heavy (non-hydrogen) atoms. The molecule has 0 radical (unpaired) electrons. The molecule has 0 bridgehead atoms. The Labute approximate surface area is 118 Å². The highest BCUT2D eigenvalue weighted by Gasteiger charge is 2.29. The summed E-state index contributed by atoms with van der Waals surface area (Å²) in [4.78, 5) is 6.27. The van der Waals surface area contributed by atoms with Crippen LogP contribution in [0.3, 0.4) is 0 Å². The monoisotopic (exact) mass is 274 g/mol. The molecule has 1 aromatic heterocycles. The van der Waals surface area contributed by atoms with Crippen molar-refractivity contribution >= 4 is 5.69 Å². The van der Waals surface area contributed by atoms with E-state index < -0.39 is 0 Å². The second-order valence-corrected chi connectivity index (χ2v) is 5.30. The summed E-state index contributed by atoms with van der Waals surface area (Å²) in [7, 11) is 1.94. The normalized spacial score (nSPS) is 16.1. The highest BCUT2D eigenvalue weighted by molar-refractivity contribution is 5.47. The minimum absolute atomic E-state index is 0.0000926. The summed E-state index contributed by atoms with van der Waals surface area (Å²) in [6, 6.07) is 7.14. The maximum absolute atomic E-state index is 13.4. The quantitative estimate of drug-likeness (QED) is 0.911. The SMILES string of the molecule is CN(c1cccc(F)c1)C(CN)c1cncn1C1CC1. The van der Waals surface area contributed by atoms with Crippen LogP contribution < -0.4 is 10.6 Å². The predicted molar refractivity (Wildman–Crippen MR) is 77.1 cm³/mol. The third-order valence-corrected chi connectivity index (χ3v) is 3.88. The van der Waals surface area contributed by atoms with Crippen LogP contribution in [0.15, 0.2) is 36.8 Å². The second kappa shape index (κ2) is 5.25. The molecule has 1 aromatic carbocycles. The molecule has 1 atom stereocenters. The molecule has 4 nitrogen and oxygen atoms in total. The van der Waals surface area contributed by atoms with Gasteiger partial charge in [0.05, 0.1) is 24.3 Å². The maximum atomic E-state index is 13.4. The van der Waals surface area contributed by atoms with Crippen molar-refractivity contribution in [3.8, 4) is 0 Å². The summed E-state index contributed by atoms with van der Waals surface area (Å²) < 4.78 is 15.6. The Morgan fingerprint density at radius 2 is 2.30 bits per heavy atom. The molecule has 1 aliphatic carbocycles. The number of anilines is 1. The van der Waals surface area contributed by atoms with Crippen LogP contribution in [0.2, 0.25) is 0 Å². The molecule has 3 rings (SSSR count). The van der Waals surface area contributed by atoms with Crippen LogP contribution in [-0.4, -0.2) is 23.1 Å². The Hall–Kier alpha value is -1.88. The van der Waals surface area contributed by atoms with E-state index >= 15 is 0 Å². The Bertz CT molecular complexity index is 591. The fourth-order valence-corrected chi connectivity index (χ4v) is 2.58. The largest absolute Gasteiger partial charge is 0.365 e. The molecule has 1 fully saturated rings. The third-order valence-electron chi connectivity index (χ3n) is 3.88. The Morgan fingerprint density at radius 3 is 2.95 bits per heavy atom. The van der Waals surface area contributed by atoms with Gasteiger partial charge in [-0.2, -0.15) is 0 Å². The van der Waals surface area contributed by atoms with Crippen LogP contribution in [-0.2, 0) is 0 Å². The summed E-state index contributed by atoms with van der Waals surface area (Å²) in [5.74, 6) is -0.235. The molecule has 2 N–H and O–H groups in total. The van der Waals surface area contributed by atoms with Crippen molar-refractivity contribution in [1.29, 1.82) is 0 Å². The van der Waals surface area contributed by atoms with Gasteiger partial charge in [0.2, 0.25) is 0 Å². The minimum atomic E-state index is -0.235. The molecule has 1 aliphatic rings. The lowest BCUT2D eigenvalue weighted by Gasteiger charge is -2.29. The standard InChI is InChI=1S/C15H19FN4/c1-19(13-4-2-3-11(16)7-13)14(8-17)15-9-18-10-20(15)12-5-6-12/h2-4,7,9-10,12,14H,5-6,8,17H2,1H3. The first-order chi connectivity index (χ1) is 9.70. The molecule has 0 spiro atoms. The van der Waals surface area contributed by atoms with Gasteiger partial charge in [-0.3, -0.25) is 0 Å². The molecule has 0 saturated heterocycles. The van der Waals surface area contributed by atoms with E-state index in [1.54, 1.807) is 6.07 Å². The van der Waals surface area contributed by atoms with Crippen molar-refractivity contribution < 1.29 is 4.39 Å². The molecule has 1 saturated carbocycles. The Morgan fingerprint density at radius 1 is 1.50 bits per heavy atom. The van der Waals surface area contributed by atoms with Crippen LogP contribution in [0, 0.1) is 5.82 Å². The second-order valence-electron chi connectivity index (χ2n) is 5.30. The van der Waals surface area contributed by atoms with Gasteiger partial charge in [-0.05, 0) is 31.0 Å². The topological polar surface area (TPSA) is 47.1 Å². The molecule has 5 heteroatoms. The highest BCUT2D eigenvalue weighted by atomic mass is 19.1. The summed E-state index contributed by atoms with van der Waals surface area (Å²) in [6.07, 6.45) is 6.13. The van der Waals surface area contributed by atoms with Crippen LogP contribution in [0.25, 0.3) is 0 Å². The van der Waals surface area contributed by atoms with Gasteiger partial charge < -0.3 is 15.2 Å². The summed E-state index contributed by atoms with van der Waals surface area (Å²) in [5.41, 5.74) is 7.88. The van der Waals surface area contributed by atoms with Crippen LogP contribution in [0.1, 0.15) is 30.6 Å². The first kappa shape index (κ1) is 13.1. The minimum Gasteiger partial charge on any atom is -0.365 e. The van der Waals surface area contributed by atoms with Gasteiger partial charge in [-0.1, -0.05) is 6.07 Å². The Kier molecular flexibility index (Phi) is 3.44. The van der Waals surface area contributed by atoms with Gasteiger partial charge in [-0.15, -0.1) is 0 Å². The average molecular weight is 274 g/mol. The van der Waals surface area contributed by atoms with Gasteiger partial charge in [-0.25, -0.2) is 9.37 Å². The zero-order valence-corrected chi connectivity index (χ0v) is 11.5. The Balaban J connectivity index is 1.90. The fraction of sp³-hybridized carbons (Fsp3) is 0.400. The van der Waals surface area contributed by atoms with Crippen molar-refractivity contribution in [2.24, 2.45) is 5.73 Å². The number of hydrogen-bond donors (Lipinski definition) is 1. The smallest absolute Gasteiger partial charge is 0.125 e. The lowest BCUT2D eigenvalue weighted by molar-refractivity contribution is 0.590. The molecule has 0 aliphatic heterocycles. The van der Waals surface area contributed by atoms with Gasteiger partial charge >= 0.3 is 0 Å². The first-order valence-electron chi connectivity index (χ1n) is 6.91. The van der Waals surface area contributed by atoms with Gasteiger partial charge in [0.15, 0.2) is 0 Å². The number of imidazole rings is 1. The van der Waals surface area contributed by atoms with E-state index in [0.717, 1.165) is 11.4 Å². The molecule has 2 aromatic rings. The summed E-state index contributed by atoms with van der Waals surface area (Å²) in [6.45, 7) is 0.464. The first-order valence-corrected chi connectivity index (χ1v) is 6.91. The molecule has 1 unspecified atom stereocenters. The van der Waals surface area contributed by atoms with Crippen molar-refractivity contribution in [1.82, 2.24) is 9.55 Å². The number of benzene rings is 1. The van der Waals surface area contributed by atoms with Crippen LogP contribution >= 0.6 is 0 Å². The zero-order valence-electron chi connectivity index (χ0n) is 11.5. The molecule has 0 amide bonds. The van der Waals surface area contributed by atoms with E-state index in [0.29, 0.717) is 12.6 Å². The number of aromatic nitrogens is 2. The van der Waals surface area contributed by atoms with Crippen molar-refractivity contribution in [2.75, 3.05) is 18.5 Å². The van der Waals surface area contributed by atoms with Crippen molar-refractivity contribution in [2.45, 2.75) is 24.9 Å². The fourth-order valence-electron chi connectivity index (χ4n) is 2.58. The third kappa shape index (κ3) is 2.41. The summed E-state index contributed by atoms with van der Waals surface area (Å²) >= 11 is 0. The number of halogens is 1. The lowest BCUT2D eigenvalue weighted by Crippen LogP contribution is -2.32. The zero-order chi connectivity index (χ0) is 14.1. The predicted octanol–water partition coefficient (Wildman–Crippen LogP) is 2.49. The average Bonchev–Trinajstić information content (AvgIpc) is 3.19. The van der Waals surface area contributed by atoms with E-state index in [1.807, 2.05) is 30.5 Å². The van der Waals surface area contributed by atoms with Crippen molar-refractivity contribution in [3.05, 3.63) is 48.3 Å². The van der Waals surface area contributed by atoms with E-state index in [-0.39, 0.29) is 11.9 Å². The molecular formula is C15H19FN4. The lowest BCUT2D eigenvalue weighted by atomic mass is 10.1. The molecule has 1 heterocycles. The highest BCUT2D eigenvalue weighted by Crippen LogP contribution is 2.38. The number of likely N-dealkylation sites (N-methyl/N-ethyl adjacent to an activating group) is 1. The van der Waals surface area contributed by atoms with E-state index in [1.165, 1.54) is 25.0 Å². The number of hydrogen-bond acceptors (Lipinski definition) is 3. The van der Waals surface area contributed by atoms with Crippen LogP contribution in [0.5, 0.6) is 0 Å². The maximum Gasteiger partial charge on any atom is 0.125 e. The number of nitrogens with zero attached hydrogens (tertiary/aromatic N) is 3. The number of rotatable bonds is 5. The summed E-state index contributed by atoms with van der Waals surface area (Å²) in [5, 5.41) is 0. The van der Waals surface area contributed by atoms with Gasteiger partial charge in [0.25, 0.3) is 0 Å². The van der Waals surface area contributed by atoms with Crippen LogP contribution in [0.4, 0.5) is 10.1 Å². The van der Waals surface area contributed by atoms with E-state index in [2.05, 4.69) is 9.55 Å². The van der Waals surface area contributed by atoms with Gasteiger partial charge in [0.1, 0.15) is 5.82 Å². The molecule has 106 valence electrons. The number of nitrogens with two attached hydrogens (primary N) is 1. The van der Waals surface area contributed by atoms with E-state index in [4.69, 9.17) is 5.73 Å². The van der Waals surface area contributed by atoms with Gasteiger partial charge in [0, 0.05) is 25.3 Å². The molecular weight excluding hydrogens is 255 g/mol.